The number of rotatable bonds is 5. The zero-order chi connectivity index (χ0) is 19.6. The summed E-state index contributed by atoms with van der Waals surface area (Å²) in [6.45, 7) is 30.4. The van der Waals surface area contributed by atoms with E-state index in [-0.39, 0.29) is 17.4 Å². The topological polar surface area (TPSA) is 112 Å². The molecule has 0 rings (SSSR count). The number of hydrogen-bond acceptors (Lipinski definition) is 2. The van der Waals surface area contributed by atoms with Gasteiger partial charge in [-0.2, -0.15) is 0 Å². The van der Waals surface area contributed by atoms with E-state index < -0.39 is 0 Å². The molecule has 0 fully saturated rings. The predicted octanol–water partition coefficient (Wildman–Crippen LogP) is 1.93. The first-order valence-corrected chi connectivity index (χ1v) is 5.56. The van der Waals surface area contributed by atoms with Gasteiger partial charge >= 0.3 is 56.5 Å². The maximum Gasteiger partial charge on any atom is 0 e. The summed E-state index contributed by atoms with van der Waals surface area (Å²) >= 11 is 0. The van der Waals surface area contributed by atoms with Gasteiger partial charge in [0.2, 0.25) is 0 Å². The predicted molar refractivity (Wildman–Crippen MR) is 72.7 cm³/mol. The minimum Gasteiger partial charge on any atom is 0 e. The van der Waals surface area contributed by atoms with Crippen molar-refractivity contribution < 1.29 is 45.4 Å². The summed E-state index contributed by atoms with van der Waals surface area (Å²) in [7, 11) is 4.13. The second kappa shape index (κ2) is 58.6. The molecule has 8 heteroatoms. The van der Waals surface area contributed by atoms with Crippen molar-refractivity contribution in [2.45, 2.75) is 20.8 Å². The standard InChI is InChI=1S/C10H21NO.5CO.Cr/c1-6-12-8-7-10(9(2)3)11(4)5;5*1-2;/h7,9H,6,8H2,1-5H3;;;;;;/b10-7+;;;;;;. The molecule has 0 atom stereocenters. The quantitative estimate of drug-likeness (QED) is 0.422. The molecule has 0 amide bonds. The average Bonchev–Trinajstić information content (AvgIpc) is 2.60. The minimum absolute atomic E-state index is 0. The van der Waals surface area contributed by atoms with E-state index in [1.165, 1.54) is 5.70 Å². The van der Waals surface area contributed by atoms with Gasteiger partial charge in [0.15, 0.2) is 0 Å². The van der Waals surface area contributed by atoms with Gasteiger partial charge in [0.25, 0.3) is 0 Å². The fourth-order valence-electron chi connectivity index (χ4n) is 1.20. The van der Waals surface area contributed by atoms with E-state index in [0.29, 0.717) is 5.92 Å². The van der Waals surface area contributed by atoms with Crippen LogP contribution in [-0.2, 0) is 45.4 Å². The summed E-state index contributed by atoms with van der Waals surface area (Å²) in [6.07, 6.45) is 2.15. The fourth-order valence-corrected chi connectivity index (χ4v) is 1.20. The molecule has 0 aliphatic rings. The van der Waals surface area contributed by atoms with Gasteiger partial charge in [-0.25, -0.2) is 0 Å². The minimum atomic E-state index is 0. The van der Waals surface area contributed by atoms with Crippen LogP contribution in [0.25, 0.3) is 0 Å². The Balaban J connectivity index is -0.0000000396. The van der Waals surface area contributed by atoms with Crippen LogP contribution < -0.4 is 0 Å². The zero-order valence-corrected chi connectivity index (χ0v) is 15.1. The molecule has 0 aliphatic carbocycles. The van der Waals surface area contributed by atoms with E-state index in [0.717, 1.165) is 13.2 Å². The first-order valence-electron chi connectivity index (χ1n) is 5.56. The van der Waals surface area contributed by atoms with E-state index in [9.17, 15) is 0 Å². The van der Waals surface area contributed by atoms with Crippen molar-refractivity contribution in [1.29, 1.82) is 0 Å². The molecular formula is C15H21CrNO6. The van der Waals surface area contributed by atoms with Gasteiger partial charge < -0.3 is 9.64 Å². The SMILES string of the molecule is CCOC/C=C(\C(C)C)N(C)C.[C-]#[O+].[C-]#[O+].[C-]#[O+].[C-]#[O+].[C-]#[O+].[Cr]. The maximum absolute atomic E-state index is 7.50. The average molecular weight is 363 g/mol. The van der Waals surface area contributed by atoms with Crippen molar-refractivity contribution in [2.24, 2.45) is 5.92 Å². The van der Waals surface area contributed by atoms with Crippen LogP contribution in [0.15, 0.2) is 11.8 Å². The van der Waals surface area contributed by atoms with Crippen LogP contribution in [0.4, 0.5) is 0 Å². The Labute approximate surface area is 149 Å². The summed E-state index contributed by atoms with van der Waals surface area (Å²) in [4.78, 5) is 2.14. The first kappa shape index (κ1) is 43.0. The van der Waals surface area contributed by atoms with Gasteiger partial charge in [-0.3, -0.25) is 0 Å². The summed E-state index contributed by atoms with van der Waals surface area (Å²) in [5.41, 5.74) is 1.34. The second-order valence-electron chi connectivity index (χ2n) is 3.34. The molecule has 0 saturated heterocycles. The Hall–Kier alpha value is -1.27. The van der Waals surface area contributed by atoms with Crippen LogP contribution in [0.3, 0.4) is 0 Å². The molecule has 0 heterocycles. The van der Waals surface area contributed by atoms with Gasteiger partial charge in [0.1, 0.15) is 0 Å². The van der Waals surface area contributed by atoms with Crippen LogP contribution in [0.5, 0.6) is 0 Å². The van der Waals surface area contributed by atoms with E-state index in [4.69, 9.17) is 28.0 Å². The maximum atomic E-state index is 7.50. The molecule has 0 bridgehead atoms. The van der Waals surface area contributed by atoms with Crippen molar-refractivity contribution >= 4 is 0 Å². The molecule has 0 spiro atoms. The number of ether oxygens (including phenoxy) is 1. The number of nitrogens with zero attached hydrogens (tertiary/aromatic N) is 1. The smallest absolute Gasteiger partial charge is 0 e. The third kappa shape index (κ3) is 52.9. The molecular weight excluding hydrogens is 342 g/mol. The molecule has 0 N–H and O–H groups in total. The molecule has 128 valence electrons. The van der Waals surface area contributed by atoms with Gasteiger partial charge in [-0.1, -0.05) is 13.8 Å². The number of allylic oxidation sites excluding steroid dienone is 1. The normalized spacial score (nSPS) is 6.87. The molecule has 0 radical (unpaired) electrons. The fraction of sp³-hybridized carbons (Fsp3) is 0.533. The molecule has 0 aromatic carbocycles. The molecule has 0 saturated carbocycles. The van der Waals surface area contributed by atoms with Gasteiger partial charge in [0.05, 0.1) is 6.61 Å². The van der Waals surface area contributed by atoms with E-state index in [1.54, 1.807) is 0 Å². The molecule has 7 nitrogen and oxygen atoms in total. The third-order valence-corrected chi connectivity index (χ3v) is 1.72. The first-order chi connectivity index (χ1) is 10.6. The summed E-state index contributed by atoms with van der Waals surface area (Å²) in [5.74, 6) is 0.570. The zero-order valence-electron chi connectivity index (χ0n) is 13.9. The molecule has 0 aliphatic heterocycles. The van der Waals surface area contributed by atoms with Crippen LogP contribution in [0.2, 0.25) is 0 Å². The van der Waals surface area contributed by atoms with E-state index >= 15 is 0 Å². The van der Waals surface area contributed by atoms with Crippen LogP contribution >= 0.6 is 0 Å². The van der Waals surface area contributed by atoms with Gasteiger partial charge in [-0.15, -0.1) is 0 Å². The van der Waals surface area contributed by atoms with Crippen molar-refractivity contribution in [2.75, 3.05) is 27.3 Å². The second-order valence-corrected chi connectivity index (χ2v) is 3.34. The largest absolute Gasteiger partial charge is 0 e. The summed E-state index contributed by atoms with van der Waals surface area (Å²) in [6, 6.07) is 0. The van der Waals surface area contributed by atoms with E-state index in [2.05, 4.69) is 72.2 Å². The third-order valence-electron chi connectivity index (χ3n) is 1.72. The van der Waals surface area contributed by atoms with Gasteiger partial charge in [0, 0.05) is 43.8 Å². The molecule has 0 aromatic rings. The van der Waals surface area contributed by atoms with Crippen LogP contribution in [0.1, 0.15) is 20.8 Å². The van der Waals surface area contributed by atoms with Crippen molar-refractivity contribution in [3.05, 3.63) is 45.0 Å². The summed E-state index contributed by atoms with van der Waals surface area (Å²) < 4.78 is 42.8. The Morgan fingerprint density at radius 1 is 0.913 bits per heavy atom. The molecule has 0 aromatic heterocycles. The van der Waals surface area contributed by atoms with Gasteiger partial charge in [-0.05, 0) is 18.9 Å². The van der Waals surface area contributed by atoms with Crippen LogP contribution in [-0.4, -0.2) is 32.2 Å². The molecule has 23 heavy (non-hydrogen) atoms. The van der Waals surface area contributed by atoms with Crippen molar-refractivity contribution in [3.63, 3.8) is 0 Å². The Morgan fingerprint density at radius 2 is 1.22 bits per heavy atom. The summed E-state index contributed by atoms with van der Waals surface area (Å²) in [5, 5.41) is 0. The Morgan fingerprint density at radius 3 is 1.39 bits per heavy atom. The van der Waals surface area contributed by atoms with Crippen molar-refractivity contribution in [1.82, 2.24) is 4.90 Å². The van der Waals surface area contributed by atoms with Crippen LogP contribution in [0, 0.1) is 39.2 Å². The number of hydrogen-bond donors (Lipinski definition) is 0. The van der Waals surface area contributed by atoms with E-state index in [1.807, 2.05) is 6.92 Å². The monoisotopic (exact) mass is 363 g/mol. The Bertz CT molecular complexity index is 271. The van der Waals surface area contributed by atoms with Crippen molar-refractivity contribution in [3.8, 4) is 0 Å². The molecule has 0 unspecified atom stereocenters. The Kier molecular flexibility index (Phi) is 110.